The Bertz CT molecular complexity index is 884. The minimum absolute atomic E-state index is 0.0563. The predicted molar refractivity (Wildman–Crippen MR) is 89.3 cm³/mol. The maximum absolute atomic E-state index is 13.6. The van der Waals surface area contributed by atoms with E-state index in [0.29, 0.717) is 5.56 Å². The SMILES string of the molecule is O=C(NCc1ccccc1F)c1cnc(Nc2ccccc2F)nc1. The fourth-order valence-electron chi connectivity index (χ4n) is 2.11. The lowest BCUT2D eigenvalue weighted by Gasteiger charge is -2.08. The molecule has 1 aromatic heterocycles. The van der Waals surface area contributed by atoms with Crippen LogP contribution in [0.25, 0.3) is 0 Å². The fraction of sp³-hybridized carbons (Fsp3) is 0.0556. The van der Waals surface area contributed by atoms with Crippen LogP contribution in [-0.2, 0) is 6.54 Å². The minimum Gasteiger partial charge on any atom is -0.348 e. The summed E-state index contributed by atoms with van der Waals surface area (Å²) >= 11 is 0. The first-order chi connectivity index (χ1) is 12.1. The normalized spacial score (nSPS) is 10.3. The number of amides is 1. The molecule has 7 heteroatoms. The Kier molecular flexibility index (Phi) is 4.94. The van der Waals surface area contributed by atoms with Crippen LogP contribution in [0.3, 0.4) is 0 Å². The molecule has 0 aliphatic rings. The van der Waals surface area contributed by atoms with Crippen molar-refractivity contribution in [2.75, 3.05) is 5.32 Å². The zero-order valence-electron chi connectivity index (χ0n) is 13.0. The van der Waals surface area contributed by atoms with E-state index in [9.17, 15) is 13.6 Å². The number of halogens is 2. The van der Waals surface area contributed by atoms with Crippen LogP contribution in [0, 0.1) is 11.6 Å². The highest BCUT2D eigenvalue weighted by Crippen LogP contribution is 2.16. The van der Waals surface area contributed by atoms with Gasteiger partial charge in [-0.3, -0.25) is 4.79 Å². The molecule has 0 aliphatic heterocycles. The number of aromatic nitrogens is 2. The molecule has 0 saturated carbocycles. The minimum atomic E-state index is -0.433. The van der Waals surface area contributed by atoms with Crippen molar-refractivity contribution >= 4 is 17.5 Å². The van der Waals surface area contributed by atoms with Crippen molar-refractivity contribution < 1.29 is 13.6 Å². The second kappa shape index (κ2) is 7.48. The monoisotopic (exact) mass is 340 g/mol. The molecular formula is C18H14F2N4O. The maximum Gasteiger partial charge on any atom is 0.254 e. The van der Waals surface area contributed by atoms with Gasteiger partial charge >= 0.3 is 0 Å². The number of rotatable bonds is 5. The second-order valence-electron chi connectivity index (χ2n) is 5.17. The van der Waals surface area contributed by atoms with E-state index in [1.54, 1.807) is 36.4 Å². The molecule has 0 atom stereocenters. The van der Waals surface area contributed by atoms with Gasteiger partial charge in [0.25, 0.3) is 5.91 Å². The third-order valence-corrected chi connectivity index (χ3v) is 3.43. The molecule has 0 fully saturated rings. The molecule has 1 heterocycles. The van der Waals surface area contributed by atoms with E-state index in [1.165, 1.54) is 24.5 Å². The summed E-state index contributed by atoms with van der Waals surface area (Å²) in [5.41, 5.74) is 0.837. The quantitative estimate of drug-likeness (QED) is 0.747. The molecule has 3 aromatic rings. The van der Waals surface area contributed by atoms with Gasteiger partial charge < -0.3 is 10.6 Å². The van der Waals surface area contributed by atoms with Crippen molar-refractivity contribution in [3.8, 4) is 0 Å². The molecule has 0 radical (unpaired) electrons. The average molecular weight is 340 g/mol. The van der Waals surface area contributed by atoms with Crippen LogP contribution in [0.5, 0.6) is 0 Å². The van der Waals surface area contributed by atoms with Gasteiger partial charge in [-0.05, 0) is 18.2 Å². The van der Waals surface area contributed by atoms with E-state index in [1.807, 2.05) is 0 Å². The smallest absolute Gasteiger partial charge is 0.254 e. The highest BCUT2D eigenvalue weighted by atomic mass is 19.1. The highest BCUT2D eigenvalue weighted by molar-refractivity contribution is 5.93. The van der Waals surface area contributed by atoms with Gasteiger partial charge in [-0.1, -0.05) is 30.3 Å². The number of nitrogens with zero attached hydrogens (tertiary/aromatic N) is 2. The van der Waals surface area contributed by atoms with E-state index in [0.717, 1.165) is 0 Å². The van der Waals surface area contributed by atoms with Crippen molar-refractivity contribution in [1.29, 1.82) is 0 Å². The van der Waals surface area contributed by atoms with Crippen LogP contribution < -0.4 is 10.6 Å². The summed E-state index contributed by atoms with van der Waals surface area (Å²) in [7, 11) is 0. The largest absolute Gasteiger partial charge is 0.348 e. The molecule has 0 spiro atoms. The molecule has 3 rings (SSSR count). The van der Waals surface area contributed by atoms with E-state index in [-0.39, 0.29) is 29.6 Å². The zero-order chi connectivity index (χ0) is 17.6. The maximum atomic E-state index is 13.6. The van der Waals surface area contributed by atoms with Crippen LogP contribution in [-0.4, -0.2) is 15.9 Å². The molecule has 1 amide bonds. The summed E-state index contributed by atoms with van der Waals surface area (Å²) in [4.78, 5) is 20.0. The molecule has 0 unspecified atom stereocenters. The van der Waals surface area contributed by atoms with Gasteiger partial charge in [0.2, 0.25) is 5.95 Å². The number of carbonyl (C=O) groups excluding carboxylic acids is 1. The average Bonchev–Trinajstić information content (AvgIpc) is 2.63. The summed E-state index contributed by atoms with van der Waals surface area (Å²) in [6.07, 6.45) is 2.62. The van der Waals surface area contributed by atoms with E-state index >= 15 is 0 Å². The summed E-state index contributed by atoms with van der Waals surface area (Å²) in [5, 5.41) is 5.32. The molecule has 5 nitrogen and oxygen atoms in total. The van der Waals surface area contributed by atoms with Gasteiger partial charge in [-0.15, -0.1) is 0 Å². The molecule has 0 bridgehead atoms. The lowest BCUT2D eigenvalue weighted by atomic mass is 10.2. The second-order valence-corrected chi connectivity index (χ2v) is 5.17. The Morgan fingerprint density at radius 3 is 2.24 bits per heavy atom. The predicted octanol–water partition coefficient (Wildman–Crippen LogP) is 3.43. The third-order valence-electron chi connectivity index (χ3n) is 3.43. The van der Waals surface area contributed by atoms with E-state index in [2.05, 4.69) is 20.6 Å². The summed E-state index contributed by atoms with van der Waals surface area (Å²) in [6.45, 7) is 0.0563. The lowest BCUT2D eigenvalue weighted by Crippen LogP contribution is -2.23. The zero-order valence-corrected chi connectivity index (χ0v) is 13.0. The van der Waals surface area contributed by atoms with Crippen LogP contribution >= 0.6 is 0 Å². The van der Waals surface area contributed by atoms with Crippen LogP contribution in [0.2, 0.25) is 0 Å². The van der Waals surface area contributed by atoms with Crippen molar-refractivity contribution in [2.24, 2.45) is 0 Å². The van der Waals surface area contributed by atoms with Crippen molar-refractivity contribution in [3.63, 3.8) is 0 Å². The Morgan fingerprint density at radius 2 is 1.56 bits per heavy atom. The first-order valence-electron chi connectivity index (χ1n) is 7.48. The standard InChI is InChI=1S/C18H14F2N4O/c19-14-6-2-1-5-12(14)9-21-17(25)13-10-22-18(23-11-13)24-16-8-4-3-7-15(16)20/h1-8,10-11H,9H2,(H,21,25)(H,22,23,24). The highest BCUT2D eigenvalue weighted by Gasteiger charge is 2.09. The first-order valence-corrected chi connectivity index (χ1v) is 7.48. The van der Waals surface area contributed by atoms with Gasteiger partial charge in [0.15, 0.2) is 0 Å². The van der Waals surface area contributed by atoms with Gasteiger partial charge in [-0.25, -0.2) is 18.7 Å². The van der Waals surface area contributed by atoms with Gasteiger partial charge in [-0.2, -0.15) is 0 Å². The van der Waals surface area contributed by atoms with Crippen molar-refractivity contribution in [2.45, 2.75) is 6.54 Å². The number of hydrogen-bond acceptors (Lipinski definition) is 4. The lowest BCUT2D eigenvalue weighted by molar-refractivity contribution is 0.0950. The van der Waals surface area contributed by atoms with Gasteiger partial charge in [0, 0.05) is 24.5 Å². The van der Waals surface area contributed by atoms with E-state index < -0.39 is 11.7 Å². The Hall–Kier alpha value is -3.35. The summed E-state index contributed by atoms with van der Waals surface area (Å²) in [5.74, 6) is -1.09. The molecule has 2 N–H and O–H groups in total. The van der Waals surface area contributed by atoms with Crippen LogP contribution in [0.1, 0.15) is 15.9 Å². The van der Waals surface area contributed by atoms with E-state index in [4.69, 9.17) is 0 Å². The summed E-state index contributed by atoms with van der Waals surface area (Å²) in [6, 6.07) is 12.3. The number of benzene rings is 2. The molecule has 0 aliphatic carbocycles. The molecule has 0 saturated heterocycles. The molecule has 25 heavy (non-hydrogen) atoms. The number of carbonyl (C=O) groups is 1. The van der Waals surface area contributed by atoms with Crippen molar-refractivity contribution in [1.82, 2.24) is 15.3 Å². The number of para-hydroxylation sites is 1. The van der Waals surface area contributed by atoms with Gasteiger partial charge in [0.1, 0.15) is 11.6 Å². The molecule has 126 valence electrons. The Labute approximate surface area is 142 Å². The summed E-state index contributed by atoms with van der Waals surface area (Å²) < 4.78 is 27.1. The molecule has 2 aromatic carbocycles. The number of anilines is 2. The third kappa shape index (κ3) is 4.14. The number of hydrogen-bond donors (Lipinski definition) is 2. The Morgan fingerprint density at radius 1 is 0.920 bits per heavy atom. The van der Waals surface area contributed by atoms with Crippen LogP contribution in [0.15, 0.2) is 60.9 Å². The number of nitrogens with one attached hydrogen (secondary N) is 2. The molecular weight excluding hydrogens is 326 g/mol. The topological polar surface area (TPSA) is 66.9 Å². The first kappa shape index (κ1) is 16.5. The van der Waals surface area contributed by atoms with Crippen molar-refractivity contribution in [3.05, 3.63) is 83.7 Å². The Balaban J connectivity index is 1.63. The van der Waals surface area contributed by atoms with Crippen LogP contribution in [0.4, 0.5) is 20.4 Å². The fourth-order valence-corrected chi connectivity index (χ4v) is 2.11. The van der Waals surface area contributed by atoms with Gasteiger partial charge in [0.05, 0.1) is 11.3 Å².